The zero-order valence-corrected chi connectivity index (χ0v) is 8.29. The minimum Gasteiger partial charge on any atom is -0.393 e. The molecule has 1 heterocycles. The monoisotopic (exact) mass is 186 g/mol. The van der Waals surface area contributed by atoms with Gasteiger partial charge < -0.3 is 15.3 Å². The van der Waals surface area contributed by atoms with Crippen LogP contribution < -0.4 is 5.32 Å². The normalized spacial score (nSPS) is 25.3. The first kappa shape index (κ1) is 10.5. The highest BCUT2D eigenvalue weighted by molar-refractivity contribution is 5.83. The Bertz CT molecular complexity index is 182. The molecular weight excluding hydrogens is 168 g/mol. The van der Waals surface area contributed by atoms with Crippen molar-refractivity contribution in [2.75, 3.05) is 20.1 Å². The molecule has 0 spiro atoms. The highest BCUT2D eigenvalue weighted by atomic mass is 16.3. The molecule has 0 aliphatic carbocycles. The third-order valence-corrected chi connectivity index (χ3v) is 2.46. The fourth-order valence-electron chi connectivity index (χ4n) is 1.57. The third kappa shape index (κ3) is 2.67. The summed E-state index contributed by atoms with van der Waals surface area (Å²) < 4.78 is 0. The van der Waals surface area contributed by atoms with Crippen LogP contribution in [0, 0.1) is 0 Å². The van der Waals surface area contributed by atoms with Gasteiger partial charge in [-0.15, -0.1) is 0 Å². The van der Waals surface area contributed by atoms with E-state index in [-0.39, 0.29) is 18.1 Å². The summed E-state index contributed by atoms with van der Waals surface area (Å²) in [4.78, 5) is 13.3. The SMILES string of the molecule is CNC1CCN(CCC(C)O)C1=O. The fourth-order valence-corrected chi connectivity index (χ4v) is 1.57. The van der Waals surface area contributed by atoms with Crippen LogP contribution in [-0.2, 0) is 4.79 Å². The van der Waals surface area contributed by atoms with Crippen LogP contribution in [0.15, 0.2) is 0 Å². The summed E-state index contributed by atoms with van der Waals surface area (Å²) in [5, 5.41) is 12.0. The van der Waals surface area contributed by atoms with E-state index < -0.39 is 0 Å². The molecule has 0 saturated carbocycles. The molecule has 0 aromatic carbocycles. The maximum absolute atomic E-state index is 11.5. The number of carbonyl (C=O) groups is 1. The smallest absolute Gasteiger partial charge is 0.239 e. The highest BCUT2D eigenvalue weighted by Crippen LogP contribution is 2.11. The molecule has 1 rings (SSSR count). The van der Waals surface area contributed by atoms with Gasteiger partial charge in [0.05, 0.1) is 12.1 Å². The number of amides is 1. The van der Waals surface area contributed by atoms with Crippen LogP contribution >= 0.6 is 0 Å². The molecule has 4 heteroatoms. The minimum absolute atomic E-state index is 0.00556. The maximum Gasteiger partial charge on any atom is 0.239 e. The Morgan fingerprint density at radius 3 is 2.92 bits per heavy atom. The highest BCUT2D eigenvalue weighted by Gasteiger charge is 2.29. The second-order valence-corrected chi connectivity index (χ2v) is 3.59. The van der Waals surface area contributed by atoms with Crippen molar-refractivity contribution in [1.82, 2.24) is 10.2 Å². The van der Waals surface area contributed by atoms with Crippen LogP contribution in [0.1, 0.15) is 19.8 Å². The van der Waals surface area contributed by atoms with Crippen LogP contribution in [0.5, 0.6) is 0 Å². The van der Waals surface area contributed by atoms with Gasteiger partial charge in [0.2, 0.25) is 5.91 Å². The van der Waals surface area contributed by atoms with Crippen LogP contribution in [0.4, 0.5) is 0 Å². The van der Waals surface area contributed by atoms with Crippen LogP contribution in [0.25, 0.3) is 0 Å². The zero-order valence-electron chi connectivity index (χ0n) is 8.29. The first-order chi connectivity index (χ1) is 6.15. The van der Waals surface area contributed by atoms with E-state index in [2.05, 4.69) is 5.32 Å². The maximum atomic E-state index is 11.5. The second kappa shape index (κ2) is 4.58. The first-order valence-electron chi connectivity index (χ1n) is 4.79. The Kier molecular flexibility index (Phi) is 3.69. The Morgan fingerprint density at radius 1 is 1.77 bits per heavy atom. The van der Waals surface area contributed by atoms with Gasteiger partial charge in [-0.3, -0.25) is 4.79 Å². The molecule has 0 aromatic rings. The Labute approximate surface area is 78.9 Å². The third-order valence-electron chi connectivity index (χ3n) is 2.46. The molecular formula is C9H18N2O2. The molecule has 1 amide bonds. The van der Waals surface area contributed by atoms with E-state index in [1.807, 2.05) is 4.90 Å². The Hall–Kier alpha value is -0.610. The molecule has 2 unspecified atom stereocenters. The molecule has 2 atom stereocenters. The fraction of sp³-hybridized carbons (Fsp3) is 0.889. The molecule has 0 aromatic heterocycles. The summed E-state index contributed by atoms with van der Waals surface area (Å²) in [6.07, 6.45) is 1.23. The first-order valence-corrected chi connectivity index (χ1v) is 4.79. The second-order valence-electron chi connectivity index (χ2n) is 3.59. The summed E-state index contributed by atoms with van der Waals surface area (Å²) in [5.74, 6) is 0.170. The summed E-state index contributed by atoms with van der Waals surface area (Å²) in [7, 11) is 1.81. The van der Waals surface area contributed by atoms with Crippen molar-refractivity contribution in [1.29, 1.82) is 0 Å². The Balaban J connectivity index is 2.33. The van der Waals surface area contributed by atoms with Gasteiger partial charge in [0.25, 0.3) is 0 Å². The van der Waals surface area contributed by atoms with E-state index in [0.717, 1.165) is 13.0 Å². The molecule has 1 aliphatic heterocycles. The molecule has 1 saturated heterocycles. The van der Waals surface area contributed by atoms with Gasteiger partial charge in [0.1, 0.15) is 0 Å². The van der Waals surface area contributed by atoms with Gasteiger partial charge in [0.15, 0.2) is 0 Å². The molecule has 1 aliphatic rings. The van der Waals surface area contributed by atoms with Crippen molar-refractivity contribution < 1.29 is 9.90 Å². The topological polar surface area (TPSA) is 52.6 Å². The number of likely N-dealkylation sites (tertiary alicyclic amines) is 1. The molecule has 1 fully saturated rings. The molecule has 4 nitrogen and oxygen atoms in total. The lowest BCUT2D eigenvalue weighted by Crippen LogP contribution is -2.37. The number of nitrogens with one attached hydrogen (secondary N) is 1. The zero-order chi connectivity index (χ0) is 9.84. The number of nitrogens with zero attached hydrogens (tertiary/aromatic N) is 1. The summed E-state index contributed by atoms with van der Waals surface area (Å²) >= 11 is 0. The van der Waals surface area contributed by atoms with Gasteiger partial charge >= 0.3 is 0 Å². The van der Waals surface area contributed by atoms with Gasteiger partial charge in [-0.1, -0.05) is 0 Å². The number of aliphatic hydroxyl groups is 1. The van der Waals surface area contributed by atoms with E-state index in [9.17, 15) is 4.79 Å². The molecule has 0 radical (unpaired) electrons. The van der Waals surface area contributed by atoms with Crippen LogP contribution in [-0.4, -0.2) is 48.2 Å². The lowest BCUT2D eigenvalue weighted by atomic mass is 10.2. The number of hydrogen-bond acceptors (Lipinski definition) is 3. The summed E-state index contributed by atoms with van der Waals surface area (Å²) in [6.45, 7) is 3.24. The van der Waals surface area contributed by atoms with Gasteiger partial charge in [-0.2, -0.15) is 0 Å². The van der Waals surface area contributed by atoms with E-state index in [1.165, 1.54) is 0 Å². The van der Waals surface area contributed by atoms with E-state index in [4.69, 9.17) is 5.11 Å². The number of hydrogen-bond donors (Lipinski definition) is 2. The lowest BCUT2D eigenvalue weighted by molar-refractivity contribution is -0.129. The summed E-state index contributed by atoms with van der Waals surface area (Å²) in [6, 6.07) is -0.00556. The van der Waals surface area contributed by atoms with Crippen molar-refractivity contribution in [3.8, 4) is 0 Å². The predicted octanol–water partition coefficient (Wildman–Crippen LogP) is -0.422. The number of likely N-dealkylation sites (N-methyl/N-ethyl adjacent to an activating group) is 1. The van der Waals surface area contributed by atoms with E-state index in [1.54, 1.807) is 14.0 Å². The van der Waals surface area contributed by atoms with Gasteiger partial charge in [-0.25, -0.2) is 0 Å². The van der Waals surface area contributed by atoms with Crippen molar-refractivity contribution in [3.63, 3.8) is 0 Å². The lowest BCUT2D eigenvalue weighted by Gasteiger charge is -2.17. The van der Waals surface area contributed by atoms with Crippen molar-refractivity contribution in [2.24, 2.45) is 0 Å². The molecule has 13 heavy (non-hydrogen) atoms. The van der Waals surface area contributed by atoms with Gasteiger partial charge in [-0.05, 0) is 26.8 Å². The predicted molar refractivity (Wildman–Crippen MR) is 50.3 cm³/mol. The van der Waals surface area contributed by atoms with Crippen LogP contribution in [0.2, 0.25) is 0 Å². The average Bonchev–Trinajstić information content (AvgIpc) is 2.43. The summed E-state index contributed by atoms with van der Waals surface area (Å²) in [5.41, 5.74) is 0. The van der Waals surface area contributed by atoms with Crippen molar-refractivity contribution in [3.05, 3.63) is 0 Å². The number of rotatable bonds is 4. The molecule has 0 bridgehead atoms. The standard InChI is InChI=1S/C9H18N2O2/c1-7(12)3-5-11-6-4-8(10-2)9(11)13/h7-8,10,12H,3-6H2,1-2H3. The Morgan fingerprint density at radius 2 is 2.46 bits per heavy atom. The average molecular weight is 186 g/mol. The largest absolute Gasteiger partial charge is 0.393 e. The number of carbonyl (C=O) groups excluding carboxylic acids is 1. The van der Waals surface area contributed by atoms with Gasteiger partial charge in [0, 0.05) is 13.1 Å². The van der Waals surface area contributed by atoms with Crippen molar-refractivity contribution >= 4 is 5.91 Å². The quantitative estimate of drug-likeness (QED) is 0.627. The van der Waals surface area contributed by atoms with E-state index >= 15 is 0 Å². The van der Waals surface area contributed by atoms with E-state index in [0.29, 0.717) is 13.0 Å². The van der Waals surface area contributed by atoms with Crippen molar-refractivity contribution in [2.45, 2.75) is 31.9 Å². The van der Waals surface area contributed by atoms with Crippen LogP contribution in [0.3, 0.4) is 0 Å². The molecule has 2 N–H and O–H groups in total. The number of aliphatic hydroxyl groups excluding tert-OH is 1. The minimum atomic E-state index is -0.318. The molecule has 76 valence electrons.